The predicted octanol–water partition coefficient (Wildman–Crippen LogP) is 6.27. The van der Waals surface area contributed by atoms with E-state index in [-0.39, 0.29) is 5.75 Å². The van der Waals surface area contributed by atoms with Gasteiger partial charge >= 0.3 is 6.61 Å². The second-order valence-electron chi connectivity index (χ2n) is 8.83. The fourth-order valence-corrected chi connectivity index (χ4v) is 5.00. The number of anilines is 1. The van der Waals surface area contributed by atoms with Crippen LogP contribution in [0, 0.1) is 11.3 Å². The number of aromatic nitrogens is 1. The number of fused-ring (bicyclic) bond motifs is 1. The van der Waals surface area contributed by atoms with Gasteiger partial charge in [-0.25, -0.2) is 8.42 Å². The quantitative estimate of drug-likeness (QED) is 0.426. The summed E-state index contributed by atoms with van der Waals surface area (Å²) < 4.78 is 58.4. The molecule has 0 aliphatic heterocycles. The lowest BCUT2D eigenvalue weighted by molar-refractivity contribution is -0.0497. The maximum Gasteiger partial charge on any atom is 0.387 e. The molecule has 0 radical (unpaired) electrons. The van der Waals surface area contributed by atoms with Crippen LogP contribution in [0.1, 0.15) is 51.5 Å². The Balaban J connectivity index is 0.000000846. The molecule has 0 saturated heterocycles. The minimum atomic E-state index is -3.46. The highest BCUT2D eigenvalue weighted by Gasteiger charge is 2.50. The Morgan fingerprint density at radius 2 is 1.79 bits per heavy atom. The fraction of sp³-hybridized carbons (Fsp3) is 0.400. The zero-order valence-electron chi connectivity index (χ0n) is 19.1. The molecule has 2 aliphatic carbocycles. The predicted molar refractivity (Wildman–Crippen MR) is 128 cm³/mol. The van der Waals surface area contributed by atoms with Crippen molar-refractivity contribution in [3.05, 3.63) is 48.0 Å². The largest absolute Gasteiger partial charge is 0.435 e. The zero-order chi connectivity index (χ0) is 24.5. The van der Waals surface area contributed by atoms with E-state index in [2.05, 4.69) is 15.5 Å². The van der Waals surface area contributed by atoms with E-state index in [1.54, 1.807) is 37.3 Å². The van der Waals surface area contributed by atoms with Gasteiger partial charge in [-0.05, 0) is 56.5 Å². The molecule has 2 aromatic carbocycles. The molecule has 0 atom stereocenters. The van der Waals surface area contributed by atoms with E-state index < -0.39 is 21.4 Å². The molecule has 0 amide bonds. The van der Waals surface area contributed by atoms with Gasteiger partial charge in [0.1, 0.15) is 11.8 Å². The van der Waals surface area contributed by atoms with Crippen molar-refractivity contribution in [2.45, 2.75) is 63.9 Å². The third kappa shape index (κ3) is 4.87. The van der Waals surface area contributed by atoms with Crippen molar-refractivity contribution >= 4 is 26.6 Å². The van der Waals surface area contributed by atoms with E-state index in [1.807, 2.05) is 11.5 Å². The maximum absolute atomic E-state index is 12.6. The summed E-state index contributed by atoms with van der Waals surface area (Å²) in [6, 6.07) is 13.5. The van der Waals surface area contributed by atoms with Crippen molar-refractivity contribution in [1.29, 1.82) is 5.26 Å². The van der Waals surface area contributed by atoms with Crippen LogP contribution in [0.3, 0.4) is 0 Å². The van der Waals surface area contributed by atoms with Crippen molar-refractivity contribution in [3.63, 3.8) is 0 Å². The van der Waals surface area contributed by atoms with Crippen LogP contribution < -0.4 is 9.46 Å². The number of hydrogen-bond acceptors (Lipinski definition) is 4. The Labute approximate surface area is 198 Å². The van der Waals surface area contributed by atoms with Gasteiger partial charge in [0.2, 0.25) is 10.0 Å². The number of alkyl halides is 2. The first-order valence-corrected chi connectivity index (χ1v) is 12.8. The average molecular weight is 488 g/mol. The van der Waals surface area contributed by atoms with Gasteiger partial charge in [0, 0.05) is 23.7 Å². The molecule has 1 heterocycles. The Morgan fingerprint density at radius 1 is 1.15 bits per heavy atom. The Kier molecular flexibility index (Phi) is 6.54. The summed E-state index contributed by atoms with van der Waals surface area (Å²) in [4.78, 5) is 0. The van der Waals surface area contributed by atoms with Gasteiger partial charge in [0.05, 0.1) is 21.5 Å². The Hall–Kier alpha value is -3.12. The highest BCUT2D eigenvalue weighted by Crippen LogP contribution is 2.43. The minimum Gasteiger partial charge on any atom is -0.435 e. The van der Waals surface area contributed by atoms with Crippen molar-refractivity contribution in [2.75, 3.05) is 4.72 Å². The summed E-state index contributed by atoms with van der Waals surface area (Å²) in [5.74, 6) is 0.0177. The molecule has 0 bridgehead atoms. The number of nitriles is 1. The lowest BCUT2D eigenvalue weighted by atomic mass is 10.1. The average Bonchev–Trinajstić information content (AvgIpc) is 3.72. The molecule has 9 heteroatoms. The molecule has 2 aliphatic rings. The lowest BCUT2D eigenvalue weighted by Gasteiger charge is -2.14. The molecule has 1 N–H and O–H groups in total. The molecular formula is C25H27F2N3O3S. The lowest BCUT2D eigenvalue weighted by Crippen LogP contribution is -2.26. The van der Waals surface area contributed by atoms with Crippen molar-refractivity contribution in [2.24, 2.45) is 0 Å². The maximum atomic E-state index is 12.6. The Morgan fingerprint density at radius 3 is 2.29 bits per heavy atom. The summed E-state index contributed by atoms with van der Waals surface area (Å²) in [5, 5.41) is 10.4. The standard InChI is InChI=1S/C22H21F2N3O3S.C3H6/c1-3-27-19-12-16(30-21(23)24)8-9-17(19)18(13-25)20(27)14-4-6-15(7-5-14)26-31(28,29)22(2)10-11-22;1-2-3-1/h4-9,12,21,26H,3,10-11H2,1-2H3;1-3H2. The second-order valence-corrected chi connectivity index (χ2v) is 11.0. The molecule has 5 rings (SSSR count). The number of halogens is 2. The third-order valence-corrected chi connectivity index (χ3v) is 8.27. The molecule has 34 heavy (non-hydrogen) atoms. The number of hydrogen-bond donors (Lipinski definition) is 1. The van der Waals surface area contributed by atoms with Crippen molar-refractivity contribution < 1.29 is 21.9 Å². The number of rotatable bonds is 7. The highest BCUT2D eigenvalue weighted by molar-refractivity contribution is 7.94. The first-order chi connectivity index (χ1) is 16.2. The molecule has 180 valence electrons. The van der Waals surface area contributed by atoms with Gasteiger partial charge < -0.3 is 9.30 Å². The topological polar surface area (TPSA) is 84.1 Å². The molecule has 3 aromatic rings. The van der Waals surface area contributed by atoms with Crippen LogP contribution in [-0.4, -0.2) is 24.3 Å². The number of benzene rings is 2. The van der Waals surface area contributed by atoms with Crippen LogP contribution >= 0.6 is 0 Å². The highest BCUT2D eigenvalue weighted by atomic mass is 32.2. The molecule has 1 aromatic heterocycles. The summed E-state index contributed by atoms with van der Waals surface area (Å²) >= 11 is 0. The normalized spacial score (nSPS) is 15.9. The van der Waals surface area contributed by atoms with Gasteiger partial charge in [-0.1, -0.05) is 31.4 Å². The van der Waals surface area contributed by atoms with Crippen molar-refractivity contribution in [3.8, 4) is 23.1 Å². The third-order valence-electron chi connectivity index (χ3n) is 6.06. The summed E-state index contributed by atoms with van der Waals surface area (Å²) in [6.45, 7) is 1.17. The molecular weight excluding hydrogens is 460 g/mol. The van der Waals surface area contributed by atoms with Crippen LogP contribution in [0.5, 0.6) is 5.75 Å². The number of aryl methyl sites for hydroxylation is 1. The molecule has 6 nitrogen and oxygen atoms in total. The van der Waals surface area contributed by atoms with E-state index in [9.17, 15) is 22.5 Å². The van der Waals surface area contributed by atoms with Crippen LogP contribution in [0.25, 0.3) is 22.2 Å². The van der Waals surface area contributed by atoms with Crippen LogP contribution in [0.15, 0.2) is 42.5 Å². The van der Waals surface area contributed by atoms with Gasteiger partial charge in [-0.15, -0.1) is 0 Å². The van der Waals surface area contributed by atoms with Crippen molar-refractivity contribution in [1.82, 2.24) is 4.57 Å². The minimum absolute atomic E-state index is 0.0177. The van der Waals surface area contributed by atoms with Gasteiger partial charge in [-0.3, -0.25) is 4.72 Å². The first kappa shape index (κ1) is 24.0. The number of sulfonamides is 1. The monoisotopic (exact) mass is 487 g/mol. The zero-order valence-corrected chi connectivity index (χ0v) is 20.0. The molecule has 0 spiro atoms. The molecule has 0 unspecified atom stereocenters. The Bertz CT molecular complexity index is 1330. The van der Waals surface area contributed by atoms with Gasteiger partial charge in [-0.2, -0.15) is 14.0 Å². The van der Waals surface area contributed by atoms with E-state index in [1.165, 1.54) is 31.4 Å². The number of nitrogens with zero attached hydrogens (tertiary/aromatic N) is 2. The summed E-state index contributed by atoms with van der Waals surface area (Å²) in [5.41, 5.74) is 2.82. The van der Waals surface area contributed by atoms with Crippen LogP contribution in [0.4, 0.5) is 14.5 Å². The smallest absolute Gasteiger partial charge is 0.387 e. The fourth-order valence-electron chi connectivity index (χ4n) is 3.67. The SMILES string of the molecule is C1CC1.CCn1c(-c2ccc(NS(=O)(=O)C3(C)CC3)cc2)c(C#N)c2ccc(OC(F)F)cc21. The van der Waals surface area contributed by atoms with Crippen LogP contribution in [0.2, 0.25) is 0 Å². The van der Waals surface area contributed by atoms with Gasteiger partial charge in [0.25, 0.3) is 0 Å². The second kappa shape index (κ2) is 9.26. The first-order valence-electron chi connectivity index (χ1n) is 11.3. The van der Waals surface area contributed by atoms with E-state index in [0.29, 0.717) is 52.8 Å². The van der Waals surface area contributed by atoms with E-state index >= 15 is 0 Å². The van der Waals surface area contributed by atoms with E-state index in [4.69, 9.17) is 0 Å². The van der Waals surface area contributed by atoms with E-state index in [0.717, 1.165) is 0 Å². The molecule has 2 saturated carbocycles. The summed E-state index contributed by atoms with van der Waals surface area (Å²) in [7, 11) is -3.46. The van der Waals surface area contributed by atoms with Gasteiger partial charge in [0.15, 0.2) is 0 Å². The molecule has 2 fully saturated rings. The number of nitrogens with one attached hydrogen (secondary N) is 1. The van der Waals surface area contributed by atoms with Crippen LogP contribution in [-0.2, 0) is 16.6 Å². The number of ether oxygens (including phenoxy) is 1. The summed E-state index contributed by atoms with van der Waals surface area (Å²) in [6.07, 6.45) is 5.78.